The molecule has 4 aromatic rings. The summed E-state index contributed by atoms with van der Waals surface area (Å²) in [7, 11) is 0. The Morgan fingerprint density at radius 2 is 1.44 bits per heavy atom. The number of carbonyl (C=O) groups excluding carboxylic acids is 3. The number of furan rings is 2. The molecule has 0 radical (unpaired) electrons. The molecule has 0 fully saturated rings. The largest absolute Gasteiger partial charge is 0.467 e. The molecule has 4 rings (SSSR count). The lowest BCUT2D eigenvalue weighted by Gasteiger charge is -2.10. The molecular formula is C25H22N4O5. The van der Waals surface area contributed by atoms with Crippen LogP contribution in [0.3, 0.4) is 0 Å². The maximum atomic E-state index is 12.4. The van der Waals surface area contributed by atoms with Crippen molar-refractivity contribution in [2.75, 3.05) is 22.5 Å². The van der Waals surface area contributed by atoms with Gasteiger partial charge >= 0.3 is 0 Å². The zero-order valence-corrected chi connectivity index (χ0v) is 18.0. The minimum absolute atomic E-state index is 0.0134. The molecule has 0 saturated heterocycles. The lowest BCUT2D eigenvalue weighted by Crippen LogP contribution is -2.23. The summed E-state index contributed by atoms with van der Waals surface area (Å²) in [5.74, 6) is -0.0808. The summed E-state index contributed by atoms with van der Waals surface area (Å²) < 4.78 is 10.3. The van der Waals surface area contributed by atoms with Crippen molar-refractivity contribution in [3.05, 3.63) is 102 Å². The Bertz CT molecular complexity index is 1270. The third kappa shape index (κ3) is 6.13. The van der Waals surface area contributed by atoms with Gasteiger partial charge in [0.2, 0.25) is 5.91 Å². The van der Waals surface area contributed by atoms with Gasteiger partial charge in [-0.05, 0) is 60.7 Å². The summed E-state index contributed by atoms with van der Waals surface area (Å²) in [5.41, 5.74) is 2.12. The number of rotatable bonds is 9. The van der Waals surface area contributed by atoms with E-state index in [1.807, 2.05) is 0 Å². The van der Waals surface area contributed by atoms with Crippen LogP contribution in [0.2, 0.25) is 0 Å². The van der Waals surface area contributed by atoms with Gasteiger partial charge in [0.1, 0.15) is 5.76 Å². The normalized spacial score (nSPS) is 10.4. The highest BCUT2D eigenvalue weighted by Gasteiger charge is 2.10. The van der Waals surface area contributed by atoms with E-state index in [2.05, 4.69) is 21.3 Å². The Kier molecular flexibility index (Phi) is 7.04. The molecule has 3 amide bonds. The van der Waals surface area contributed by atoms with Gasteiger partial charge < -0.3 is 30.1 Å². The van der Waals surface area contributed by atoms with E-state index in [1.165, 1.54) is 6.26 Å². The van der Waals surface area contributed by atoms with Crippen LogP contribution in [-0.4, -0.2) is 24.3 Å². The van der Waals surface area contributed by atoms with Crippen LogP contribution >= 0.6 is 0 Å². The number of anilines is 3. The number of amides is 3. The highest BCUT2D eigenvalue weighted by atomic mass is 16.3. The molecule has 0 bridgehead atoms. The summed E-state index contributed by atoms with van der Waals surface area (Å²) >= 11 is 0. The molecule has 9 heteroatoms. The first-order valence-corrected chi connectivity index (χ1v) is 10.5. The van der Waals surface area contributed by atoms with E-state index >= 15 is 0 Å². The van der Waals surface area contributed by atoms with Gasteiger partial charge in [0.05, 0.1) is 25.6 Å². The Morgan fingerprint density at radius 1 is 0.706 bits per heavy atom. The minimum Gasteiger partial charge on any atom is -0.467 e. The van der Waals surface area contributed by atoms with Crippen molar-refractivity contribution >= 4 is 34.8 Å². The highest BCUT2D eigenvalue weighted by Crippen LogP contribution is 2.17. The number of hydrogen-bond donors (Lipinski definition) is 4. The zero-order chi connectivity index (χ0) is 23.8. The Labute approximate surface area is 195 Å². The van der Waals surface area contributed by atoms with Crippen molar-refractivity contribution in [2.24, 2.45) is 0 Å². The summed E-state index contributed by atoms with van der Waals surface area (Å²) in [6.07, 6.45) is 2.96. The van der Waals surface area contributed by atoms with Crippen molar-refractivity contribution < 1.29 is 23.2 Å². The zero-order valence-electron chi connectivity index (χ0n) is 18.0. The lowest BCUT2D eigenvalue weighted by molar-refractivity contribution is -0.114. The lowest BCUT2D eigenvalue weighted by atomic mass is 10.2. The summed E-state index contributed by atoms with van der Waals surface area (Å²) in [6.45, 7) is 0.271. The number of benzene rings is 2. The molecule has 0 unspecified atom stereocenters. The van der Waals surface area contributed by atoms with E-state index in [4.69, 9.17) is 8.83 Å². The van der Waals surface area contributed by atoms with Gasteiger partial charge in [-0.25, -0.2) is 0 Å². The molecule has 2 aromatic carbocycles. The molecule has 172 valence electrons. The monoisotopic (exact) mass is 458 g/mol. The molecular weight excluding hydrogens is 436 g/mol. The van der Waals surface area contributed by atoms with Gasteiger partial charge in [0.15, 0.2) is 5.76 Å². The Hall–Kier alpha value is -4.79. The van der Waals surface area contributed by atoms with Crippen molar-refractivity contribution in [1.29, 1.82) is 0 Å². The third-order valence-corrected chi connectivity index (χ3v) is 4.73. The summed E-state index contributed by atoms with van der Waals surface area (Å²) in [4.78, 5) is 36.9. The molecule has 2 heterocycles. The van der Waals surface area contributed by atoms with Gasteiger partial charge in [-0.2, -0.15) is 0 Å². The molecule has 0 aliphatic carbocycles. The quantitative estimate of drug-likeness (QED) is 0.299. The molecule has 34 heavy (non-hydrogen) atoms. The first-order valence-electron chi connectivity index (χ1n) is 10.5. The Morgan fingerprint density at radius 3 is 2.21 bits per heavy atom. The SMILES string of the molecule is O=C(CNc1cccc(C(=O)NCc2ccco2)c1)Nc1cccc(NC(=O)c2ccco2)c1. The van der Waals surface area contributed by atoms with Crippen LogP contribution in [0.4, 0.5) is 17.1 Å². The first kappa shape index (κ1) is 22.4. The summed E-state index contributed by atoms with van der Waals surface area (Å²) in [5, 5.41) is 11.3. The van der Waals surface area contributed by atoms with Gasteiger partial charge in [0, 0.05) is 22.6 Å². The third-order valence-electron chi connectivity index (χ3n) is 4.73. The van der Waals surface area contributed by atoms with Crippen molar-refractivity contribution in [3.63, 3.8) is 0 Å². The van der Waals surface area contributed by atoms with Crippen LogP contribution in [0.15, 0.2) is 94.2 Å². The first-order chi connectivity index (χ1) is 16.6. The predicted molar refractivity (Wildman–Crippen MR) is 127 cm³/mol. The van der Waals surface area contributed by atoms with E-state index in [9.17, 15) is 14.4 Å². The van der Waals surface area contributed by atoms with Crippen molar-refractivity contribution in [1.82, 2.24) is 5.32 Å². The molecule has 4 N–H and O–H groups in total. The molecule has 0 atom stereocenters. The average molecular weight is 458 g/mol. The molecule has 0 spiro atoms. The van der Waals surface area contributed by atoms with Crippen LogP contribution < -0.4 is 21.3 Å². The molecule has 2 aromatic heterocycles. The standard InChI is InChI=1S/C25H22N4O5/c30-23(28-19-7-2-8-20(14-19)29-25(32)22-10-4-12-34-22)16-26-18-6-1-5-17(13-18)24(31)27-15-21-9-3-11-33-21/h1-14,26H,15-16H2,(H,27,31)(H,28,30)(H,29,32). The van der Waals surface area contributed by atoms with Crippen LogP contribution in [0.5, 0.6) is 0 Å². The minimum atomic E-state index is -0.386. The van der Waals surface area contributed by atoms with E-state index in [-0.39, 0.29) is 36.6 Å². The summed E-state index contributed by atoms with van der Waals surface area (Å²) in [6, 6.07) is 20.3. The maximum Gasteiger partial charge on any atom is 0.291 e. The molecule has 0 aliphatic rings. The second kappa shape index (κ2) is 10.7. The van der Waals surface area contributed by atoms with Crippen LogP contribution in [-0.2, 0) is 11.3 Å². The molecule has 9 nitrogen and oxygen atoms in total. The fourth-order valence-electron chi connectivity index (χ4n) is 3.12. The van der Waals surface area contributed by atoms with Crippen LogP contribution in [0, 0.1) is 0 Å². The fourth-order valence-corrected chi connectivity index (χ4v) is 3.12. The van der Waals surface area contributed by atoms with E-state index < -0.39 is 0 Å². The predicted octanol–water partition coefficient (Wildman–Crippen LogP) is 4.11. The van der Waals surface area contributed by atoms with Crippen LogP contribution in [0.1, 0.15) is 26.7 Å². The second-order valence-electron chi connectivity index (χ2n) is 7.26. The van der Waals surface area contributed by atoms with Gasteiger partial charge in [0.25, 0.3) is 11.8 Å². The average Bonchev–Trinajstić information content (AvgIpc) is 3.56. The van der Waals surface area contributed by atoms with E-state index in [0.717, 1.165) is 0 Å². The van der Waals surface area contributed by atoms with Crippen LogP contribution in [0.25, 0.3) is 0 Å². The van der Waals surface area contributed by atoms with Crippen molar-refractivity contribution in [2.45, 2.75) is 6.54 Å². The molecule has 0 aliphatic heterocycles. The number of carbonyl (C=O) groups is 3. The smallest absolute Gasteiger partial charge is 0.291 e. The van der Waals surface area contributed by atoms with Gasteiger partial charge in [-0.15, -0.1) is 0 Å². The topological polar surface area (TPSA) is 126 Å². The highest BCUT2D eigenvalue weighted by molar-refractivity contribution is 6.03. The number of hydrogen-bond acceptors (Lipinski definition) is 6. The van der Waals surface area contributed by atoms with Gasteiger partial charge in [-0.3, -0.25) is 14.4 Å². The van der Waals surface area contributed by atoms with Gasteiger partial charge in [-0.1, -0.05) is 12.1 Å². The van der Waals surface area contributed by atoms with E-state index in [1.54, 1.807) is 79.1 Å². The Balaban J connectivity index is 1.28. The fraction of sp³-hybridized carbons (Fsp3) is 0.0800. The van der Waals surface area contributed by atoms with Crippen molar-refractivity contribution in [3.8, 4) is 0 Å². The second-order valence-corrected chi connectivity index (χ2v) is 7.26. The maximum absolute atomic E-state index is 12.4. The molecule has 0 saturated carbocycles. The van der Waals surface area contributed by atoms with E-state index in [0.29, 0.717) is 28.4 Å². The number of nitrogens with one attached hydrogen (secondary N) is 4.